The number of aromatic nitrogens is 2. The minimum atomic E-state index is -0.247. The van der Waals surface area contributed by atoms with Crippen molar-refractivity contribution >= 4 is 5.91 Å². The molecule has 0 aliphatic heterocycles. The predicted molar refractivity (Wildman–Crippen MR) is 51.5 cm³/mol. The Balaban J connectivity index is 2.47. The summed E-state index contributed by atoms with van der Waals surface area (Å²) in [6, 6.07) is 0. The van der Waals surface area contributed by atoms with Crippen LogP contribution in [-0.4, -0.2) is 15.7 Å². The van der Waals surface area contributed by atoms with Crippen LogP contribution in [-0.2, 0) is 19.9 Å². The zero-order chi connectivity index (χ0) is 10.1. The van der Waals surface area contributed by atoms with Crippen LogP contribution < -0.4 is 11.3 Å². The molecule has 0 atom stereocenters. The van der Waals surface area contributed by atoms with E-state index in [0.717, 1.165) is 36.9 Å². The van der Waals surface area contributed by atoms with Gasteiger partial charge in [0.15, 0.2) is 0 Å². The fourth-order valence-corrected chi connectivity index (χ4v) is 2.03. The molecule has 1 aromatic rings. The number of aryl methyl sites for hydroxylation is 2. The number of rotatable bonds is 1. The van der Waals surface area contributed by atoms with Crippen molar-refractivity contribution in [3.05, 3.63) is 17.0 Å². The summed E-state index contributed by atoms with van der Waals surface area (Å²) in [6.07, 6.45) is 4.20. The van der Waals surface area contributed by atoms with Crippen molar-refractivity contribution in [2.75, 3.05) is 0 Å². The van der Waals surface area contributed by atoms with Gasteiger partial charge in [0.1, 0.15) is 5.69 Å². The molecule has 1 aromatic heterocycles. The highest BCUT2D eigenvalue weighted by molar-refractivity contribution is 5.93. The van der Waals surface area contributed by atoms with Gasteiger partial charge in [0.2, 0.25) is 0 Å². The molecule has 1 aliphatic carbocycles. The van der Waals surface area contributed by atoms with Crippen LogP contribution in [0.5, 0.6) is 0 Å². The van der Waals surface area contributed by atoms with Gasteiger partial charge in [0, 0.05) is 12.6 Å². The third kappa shape index (κ3) is 1.29. The van der Waals surface area contributed by atoms with Crippen LogP contribution in [0.25, 0.3) is 0 Å². The zero-order valence-corrected chi connectivity index (χ0v) is 8.21. The van der Waals surface area contributed by atoms with Crippen molar-refractivity contribution in [1.82, 2.24) is 15.2 Å². The molecule has 5 nitrogen and oxygen atoms in total. The van der Waals surface area contributed by atoms with Crippen LogP contribution >= 0.6 is 0 Å². The van der Waals surface area contributed by atoms with Crippen molar-refractivity contribution in [2.24, 2.45) is 12.9 Å². The summed E-state index contributed by atoms with van der Waals surface area (Å²) in [5.41, 5.74) is 4.90. The van der Waals surface area contributed by atoms with E-state index in [2.05, 4.69) is 10.5 Å². The maximum Gasteiger partial charge on any atom is 0.283 e. The van der Waals surface area contributed by atoms with Gasteiger partial charge in [0.25, 0.3) is 5.91 Å². The summed E-state index contributed by atoms with van der Waals surface area (Å²) >= 11 is 0. The molecule has 76 valence electrons. The van der Waals surface area contributed by atoms with E-state index in [4.69, 9.17) is 5.84 Å². The number of carbonyl (C=O) groups is 1. The molecule has 0 fully saturated rings. The average Bonchev–Trinajstić information content (AvgIpc) is 2.53. The van der Waals surface area contributed by atoms with Gasteiger partial charge in [-0.15, -0.1) is 0 Å². The predicted octanol–water partition coefficient (Wildman–Crippen LogP) is -0.0976. The van der Waals surface area contributed by atoms with E-state index in [0.29, 0.717) is 5.69 Å². The Morgan fingerprint density at radius 1 is 1.50 bits per heavy atom. The first-order valence-electron chi connectivity index (χ1n) is 4.79. The number of nitrogens with two attached hydrogens (primary N) is 1. The van der Waals surface area contributed by atoms with Crippen molar-refractivity contribution in [2.45, 2.75) is 25.7 Å². The SMILES string of the molecule is Cn1nc2c(c1C(=O)NN)CCCC2. The average molecular weight is 194 g/mol. The number of hydrogen-bond acceptors (Lipinski definition) is 3. The lowest BCUT2D eigenvalue weighted by molar-refractivity contribution is 0.0943. The number of hydrazine groups is 1. The van der Waals surface area contributed by atoms with Gasteiger partial charge in [-0.1, -0.05) is 0 Å². The fraction of sp³-hybridized carbons (Fsp3) is 0.556. The Morgan fingerprint density at radius 2 is 2.21 bits per heavy atom. The van der Waals surface area contributed by atoms with Crippen molar-refractivity contribution < 1.29 is 4.79 Å². The second-order valence-corrected chi connectivity index (χ2v) is 3.58. The largest absolute Gasteiger partial charge is 0.289 e. The van der Waals surface area contributed by atoms with Crippen LogP contribution in [0, 0.1) is 0 Å². The number of fused-ring (bicyclic) bond motifs is 1. The molecule has 1 amide bonds. The number of nitrogens with zero attached hydrogens (tertiary/aromatic N) is 2. The van der Waals surface area contributed by atoms with Gasteiger partial charge in [0.05, 0.1) is 5.69 Å². The summed E-state index contributed by atoms with van der Waals surface area (Å²) in [6.45, 7) is 0. The van der Waals surface area contributed by atoms with E-state index >= 15 is 0 Å². The van der Waals surface area contributed by atoms with E-state index < -0.39 is 0 Å². The molecule has 0 saturated carbocycles. The third-order valence-electron chi connectivity index (χ3n) is 2.67. The first-order valence-corrected chi connectivity index (χ1v) is 4.79. The van der Waals surface area contributed by atoms with E-state index in [1.54, 1.807) is 11.7 Å². The lowest BCUT2D eigenvalue weighted by atomic mass is 9.96. The van der Waals surface area contributed by atoms with Gasteiger partial charge in [-0.2, -0.15) is 5.10 Å². The number of carbonyl (C=O) groups excluding carboxylic acids is 1. The number of nitrogen functional groups attached to an aromatic ring is 1. The Labute approximate surface area is 82.2 Å². The van der Waals surface area contributed by atoms with Gasteiger partial charge in [-0.3, -0.25) is 14.9 Å². The number of hydrogen-bond donors (Lipinski definition) is 2. The fourth-order valence-electron chi connectivity index (χ4n) is 2.03. The second kappa shape index (κ2) is 3.42. The summed E-state index contributed by atoms with van der Waals surface area (Å²) in [7, 11) is 1.78. The zero-order valence-electron chi connectivity index (χ0n) is 8.21. The van der Waals surface area contributed by atoms with Crippen LogP contribution in [0.15, 0.2) is 0 Å². The second-order valence-electron chi connectivity index (χ2n) is 3.58. The highest BCUT2D eigenvalue weighted by Gasteiger charge is 2.22. The standard InChI is InChI=1S/C9H14N4O/c1-13-8(9(14)11-10)6-4-2-3-5-7(6)12-13/h2-5,10H2,1H3,(H,11,14). The number of nitrogens with one attached hydrogen (secondary N) is 1. The molecule has 0 unspecified atom stereocenters. The lowest BCUT2D eigenvalue weighted by Gasteiger charge is -2.10. The quantitative estimate of drug-likeness (QED) is 0.372. The first kappa shape index (κ1) is 9.21. The summed E-state index contributed by atoms with van der Waals surface area (Å²) in [5, 5.41) is 4.32. The molecule has 2 rings (SSSR count). The Morgan fingerprint density at radius 3 is 2.93 bits per heavy atom. The van der Waals surface area contributed by atoms with Gasteiger partial charge in [-0.25, -0.2) is 5.84 Å². The van der Waals surface area contributed by atoms with E-state index in [-0.39, 0.29) is 5.91 Å². The molecule has 0 spiro atoms. The molecule has 5 heteroatoms. The van der Waals surface area contributed by atoms with Gasteiger partial charge >= 0.3 is 0 Å². The molecule has 0 radical (unpaired) electrons. The molecule has 3 N–H and O–H groups in total. The molecule has 0 aromatic carbocycles. The number of amides is 1. The van der Waals surface area contributed by atoms with Gasteiger partial charge < -0.3 is 0 Å². The van der Waals surface area contributed by atoms with Crippen molar-refractivity contribution in [3.8, 4) is 0 Å². The minimum Gasteiger partial charge on any atom is -0.289 e. The van der Waals surface area contributed by atoms with Crippen LogP contribution in [0.3, 0.4) is 0 Å². The Bertz CT molecular complexity index is 369. The van der Waals surface area contributed by atoms with E-state index in [9.17, 15) is 4.79 Å². The topological polar surface area (TPSA) is 72.9 Å². The minimum absolute atomic E-state index is 0.247. The monoisotopic (exact) mass is 194 g/mol. The Kier molecular flexibility index (Phi) is 2.25. The third-order valence-corrected chi connectivity index (χ3v) is 2.67. The molecule has 14 heavy (non-hydrogen) atoms. The maximum absolute atomic E-state index is 11.5. The molecule has 1 aliphatic rings. The van der Waals surface area contributed by atoms with Crippen LogP contribution in [0.2, 0.25) is 0 Å². The van der Waals surface area contributed by atoms with Crippen LogP contribution in [0.4, 0.5) is 0 Å². The summed E-state index contributed by atoms with van der Waals surface area (Å²) < 4.78 is 1.62. The summed E-state index contributed by atoms with van der Waals surface area (Å²) in [5.74, 6) is 4.88. The molecule has 0 saturated heterocycles. The highest BCUT2D eigenvalue weighted by atomic mass is 16.2. The van der Waals surface area contributed by atoms with Crippen molar-refractivity contribution in [1.29, 1.82) is 0 Å². The molecule has 0 bridgehead atoms. The molecular weight excluding hydrogens is 180 g/mol. The van der Waals surface area contributed by atoms with E-state index in [1.807, 2.05) is 0 Å². The maximum atomic E-state index is 11.5. The van der Waals surface area contributed by atoms with Gasteiger partial charge in [-0.05, 0) is 25.7 Å². The normalized spacial score (nSPS) is 15.0. The first-order chi connectivity index (χ1) is 6.74. The Hall–Kier alpha value is -1.36. The highest BCUT2D eigenvalue weighted by Crippen LogP contribution is 2.23. The molecule has 1 heterocycles. The van der Waals surface area contributed by atoms with Crippen molar-refractivity contribution in [3.63, 3.8) is 0 Å². The lowest BCUT2D eigenvalue weighted by Crippen LogP contribution is -2.32. The van der Waals surface area contributed by atoms with Crippen LogP contribution in [0.1, 0.15) is 34.6 Å². The molecular formula is C9H14N4O. The summed E-state index contributed by atoms with van der Waals surface area (Å²) in [4.78, 5) is 11.5. The van der Waals surface area contributed by atoms with E-state index in [1.165, 1.54) is 0 Å². The smallest absolute Gasteiger partial charge is 0.283 e.